The molecule has 0 amide bonds. The minimum Gasteiger partial charge on any atom is -0.370 e. The van der Waals surface area contributed by atoms with Crippen molar-refractivity contribution in [2.75, 3.05) is 11.9 Å². The molecule has 0 saturated heterocycles. The minimum absolute atomic E-state index is 0.764. The van der Waals surface area contributed by atoms with Crippen molar-refractivity contribution in [3.05, 3.63) is 46.4 Å². The van der Waals surface area contributed by atoms with Crippen LogP contribution in [0.15, 0.2) is 29.2 Å². The van der Waals surface area contributed by atoms with Crippen LogP contribution in [0, 0.1) is 0 Å². The number of hydrogen-bond donors (Lipinski definition) is 1. The van der Waals surface area contributed by atoms with Crippen molar-refractivity contribution >= 4 is 40.9 Å². The Morgan fingerprint density at radius 2 is 2.05 bits per heavy atom. The zero-order chi connectivity index (χ0) is 14.7. The molecule has 1 aromatic heterocycles. The number of hydrogen-bond acceptors (Lipinski definition) is 5. The van der Waals surface area contributed by atoms with Crippen molar-refractivity contribution in [3.63, 3.8) is 0 Å². The van der Waals surface area contributed by atoms with E-state index in [1.54, 1.807) is 11.8 Å². The quantitative estimate of drug-likeness (QED) is 0.807. The lowest BCUT2D eigenvalue weighted by atomic mass is 10.2. The molecule has 1 aliphatic heterocycles. The highest BCUT2D eigenvalue weighted by Crippen LogP contribution is 2.33. The normalized spacial score (nSPS) is 13.2. The SMILES string of the molecule is CCNc1nc(CSc2ccc(Cl)cc2)nc2c1CSC2. The van der Waals surface area contributed by atoms with Gasteiger partial charge >= 0.3 is 0 Å². The molecule has 0 unspecified atom stereocenters. The molecule has 0 saturated carbocycles. The summed E-state index contributed by atoms with van der Waals surface area (Å²) in [6.07, 6.45) is 0. The zero-order valence-electron chi connectivity index (χ0n) is 11.7. The van der Waals surface area contributed by atoms with Crippen LogP contribution in [0.25, 0.3) is 0 Å². The molecule has 1 aliphatic rings. The van der Waals surface area contributed by atoms with Crippen LogP contribution in [-0.4, -0.2) is 16.5 Å². The first-order valence-corrected chi connectivity index (χ1v) is 9.36. The Bertz CT molecular complexity index is 632. The summed E-state index contributed by atoms with van der Waals surface area (Å²) in [5.41, 5.74) is 2.47. The third-order valence-corrected chi connectivity index (χ3v) is 5.38. The predicted molar refractivity (Wildman–Crippen MR) is 92.2 cm³/mol. The third-order valence-electron chi connectivity index (χ3n) is 3.15. The van der Waals surface area contributed by atoms with E-state index in [0.717, 1.165) is 40.5 Å². The second kappa shape index (κ2) is 6.90. The number of aromatic nitrogens is 2. The topological polar surface area (TPSA) is 37.8 Å². The fourth-order valence-corrected chi connectivity index (χ4v) is 4.08. The van der Waals surface area contributed by atoms with E-state index < -0.39 is 0 Å². The van der Waals surface area contributed by atoms with Crippen LogP contribution in [0.3, 0.4) is 0 Å². The summed E-state index contributed by atoms with van der Waals surface area (Å²) < 4.78 is 0. The molecule has 1 aromatic carbocycles. The first-order valence-electron chi connectivity index (χ1n) is 6.85. The predicted octanol–water partition coefficient (Wildman–Crippen LogP) is 4.60. The van der Waals surface area contributed by atoms with Gasteiger partial charge in [-0.1, -0.05) is 11.6 Å². The number of thioether (sulfide) groups is 2. The highest BCUT2D eigenvalue weighted by molar-refractivity contribution is 7.98. The summed E-state index contributed by atoms with van der Waals surface area (Å²) in [6.45, 7) is 2.98. The number of nitrogens with one attached hydrogen (secondary N) is 1. The second-order valence-electron chi connectivity index (χ2n) is 4.68. The number of halogens is 1. The molecule has 0 spiro atoms. The Hall–Kier alpha value is -0.910. The van der Waals surface area contributed by atoms with Gasteiger partial charge in [0, 0.05) is 33.5 Å². The molecule has 0 aliphatic carbocycles. The first kappa shape index (κ1) is 15.0. The van der Waals surface area contributed by atoms with Crippen molar-refractivity contribution in [2.24, 2.45) is 0 Å². The Labute approximate surface area is 138 Å². The van der Waals surface area contributed by atoms with Gasteiger partial charge in [-0.05, 0) is 31.2 Å². The molecule has 3 rings (SSSR count). The molecular formula is C15H16ClN3S2. The van der Waals surface area contributed by atoms with Crippen LogP contribution in [0.5, 0.6) is 0 Å². The van der Waals surface area contributed by atoms with Gasteiger partial charge in [-0.15, -0.1) is 11.8 Å². The van der Waals surface area contributed by atoms with Crippen LogP contribution < -0.4 is 5.32 Å². The number of anilines is 1. The van der Waals surface area contributed by atoms with Gasteiger partial charge in [0.15, 0.2) is 0 Å². The van der Waals surface area contributed by atoms with Crippen LogP contribution in [0.4, 0.5) is 5.82 Å². The zero-order valence-corrected chi connectivity index (χ0v) is 14.1. The summed E-state index contributed by atoms with van der Waals surface area (Å²) in [7, 11) is 0. The van der Waals surface area contributed by atoms with Crippen LogP contribution in [-0.2, 0) is 17.3 Å². The highest BCUT2D eigenvalue weighted by Gasteiger charge is 2.19. The van der Waals surface area contributed by atoms with Gasteiger partial charge in [-0.2, -0.15) is 11.8 Å². The number of nitrogens with zero attached hydrogens (tertiary/aromatic N) is 2. The van der Waals surface area contributed by atoms with Crippen molar-refractivity contribution in [2.45, 2.75) is 29.1 Å². The van der Waals surface area contributed by atoms with E-state index in [0.29, 0.717) is 0 Å². The molecule has 3 nitrogen and oxygen atoms in total. The Kier molecular flexibility index (Phi) is 4.93. The van der Waals surface area contributed by atoms with E-state index in [-0.39, 0.29) is 0 Å². The summed E-state index contributed by atoms with van der Waals surface area (Å²) in [6, 6.07) is 7.88. The monoisotopic (exact) mass is 337 g/mol. The van der Waals surface area contributed by atoms with E-state index in [9.17, 15) is 0 Å². The minimum atomic E-state index is 0.764. The van der Waals surface area contributed by atoms with E-state index >= 15 is 0 Å². The fraction of sp³-hybridized carbons (Fsp3) is 0.333. The lowest BCUT2D eigenvalue weighted by Gasteiger charge is -2.10. The number of fused-ring (bicyclic) bond motifs is 1. The van der Waals surface area contributed by atoms with Crippen molar-refractivity contribution in [3.8, 4) is 0 Å². The van der Waals surface area contributed by atoms with Gasteiger partial charge in [-0.3, -0.25) is 0 Å². The van der Waals surface area contributed by atoms with Gasteiger partial charge in [0.2, 0.25) is 0 Å². The standard InChI is InChI=1S/C15H16ClN3S2/c1-2-17-15-12-7-20-8-13(12)18-14(19-15)9-21-11-5-3-10(16)4-6-11/h3-6H,2,7-9H2,1H3,(H,17,18,19). The lowest BCUT2D eigenvalue weighted by Crippen LogP contribution is -2.08. The fourth-order valence-electron chi connectivity index (χ4n) is 2.16. The Balaban J connectivity index is 1.76. The average molecular weight is 338 g/mol. The molecule has 0 fully saturated rings. The number of benzene rings is 1. The largest absolute Gasteiger partial charge is 0.370 e. The van der Waals surface area contributed by atoms with Crippen molar-refractivity contribution in [1.82, 2.24) is 9.97 Å². The molecule has 2 heterocycles. The summed E-state index contributed by atoms with van der Waals surface area (Å²) >= 11 is 9.54. The van der Waals surface area contributed by atoms with Crippen molar-refractivity contribution < 1.29 is 0 Å². The molecule has 2 aromatic rings. The van der Waals surface area contributed by atoms with E-state index in [4.69, 9.17) is 16.6 Å². The van der Waals surface area contributed by atoms with Gasteiger partial charge in [-0.25, -0.2) is 9.97 Å². The Morgan fingerprint density at radius 3 is 2.81 bits per heavy atom. The van der Waals surface area contributed by atoms with Gasteiger partial charge < -0.3 is 5.32 Å². The molecule has 110 valence electrons. The molecule has 0 radical (unpaired) electrons. The highest BCUT2D eigenvalue weighted by atomic mass is 35.5. The summed E-state index contributed by atoms with van der Waals surface area (Å²) in [4.78, 5) is 10.6. The first-order chi connectivity index (χ1) is 10.3. The lowest BCUT2D eigenvalue weighted by molar-refractivity contribution is 0.965. The summed E-state index contributed by atoms with van der Waals surface area (Å²) in [5, 5.41) is 4.13. The number of rotatable bonds is 5. The second-order valence-corrected chi connectivity index (χ2v) is 7.15. The molecular weight excluding hydrogens is 322 g/mol. The van der Waals surface area contributed by atoms with Crippen molar-refractivity contribution in [1.29, 1.82) is 0 Å². The maximum atomic E-state index is 5.90. The average Bonchev–Trinajstić information content (AvgIpc) is 2.96. The van der Waals surface area contributed by atoms with E-state index in [1.807, 2.05) is 36.0 Å². The molecule has 0 bridgehead atoms. The Morgan fingerprint density at radius 1 is 1.24 bits per heavy atom. The van der Waals surface area contributed by atoms with Crippen LogP contribution >= 0.6 is 35.1 Å². The maximum absolute atomic E-state index is 5.90. The summed E-state index contributed by atoms with van der Waals surface area (Å²) in [5.74, 6) is 4.70. The van der Waals surface area contributed by atoms with E-state index in [2.05, 4.69) is 17.2 Å². The smallest absolute Gasteiger partial charge is 0.141 e. The van der Waals surface area contributed by atoms with Gasteiger partial charge in [0.25, 0.3) is 0 Å². The molecule has 21 heavy (non-hydrogen) atoms. The molecule has 0 atom stereocenters. The third kappa shape index (κ3) is 3.65. The van der Waals surface area contributed by atoms with Crippen LogP contribution in [0.2, 0.25) is 5.02 Å². The van der Waals surface area contributed by atoms with Crippen LogP contribution in [0.1, 0.15) is 24.0 Å². The van der Waals surface area contributed by atoms with E-state index in [1.165, 1.54) is 16.2 Å². The molecule has 1 N–H and O–H groups in total. The molecule has 6 heteroatoms. The van der Waals surface area contributed by atoms with Gasteiger partial charge in [0.05, 0.1) is 11.4 Å². The van der Waals surface area contributed by atoms with Gasteiger partial charge in [0.1, 0.15) is 11.6 Å². The maximum Gasteiger partial charge on any atom is 0.141 e.